The standard InChI is InChI=1S/C23H26N4O4/c1-3-11-25-14-18(21(28)26-12-9-16(10-13-26)23(30)31-2)20-19(15-25)22(29)27(24-20)17-7-5-4-6-8-17/h4-8,14-16H,3,9-13H2,1-2H3. The van der Waals surface area contributed by atoms with Crippen molar-refractivity contribution in [3.8, 4) is 16.9 Å². The number of amides is 1. The summed E-state index contributed by atoms with van der Waals surface area (Å²) < 4.78 is 8.07. The van der Waals surface area contributed by atoms with Crippen LogP contribution in [0.15, 0.2) is 47.5 Å². The molecule has 0 unspecified atom stereocenters. The molecular formula is C23H26N4O4. The van der Waals surface area contributed by atoms with E-state index >= 15 is 0 Å². The van der Waals surface area contributed by atoms with E-state index in [9.17, 15) is 14.4 Å². The molecule has 8 nitrogen and oxygen atoms in total. The van der Waals surface area contributed by atoms with E-state index in [-0.39, 0.29) is 23.4 Å². The number of fused-ring (bicyclic) bond motifs is 1. The van der Waals surface area contributed by atoms with Gasteiger partial charge in [-0.1, -0.05) is 25.1 Å². The van der Waals surface area contributed by atoms with E-state index in [0.29, 0.717) is 55.0 Å². The van der Waals surface area contributed by atoms with Crippen LogP contribution in [0.4, 0.5) is 0 Å². The molecule has 0 N–H and O–H groups in total. The third-order valence-corrected chi connectivity index (χ3v) is 5.75. The molecule has 0 atom stereocenters. The van der Waals surface area contributed by atoms with Crippen molar-refractivity contribution in [1.29, 1.82) is 0 Å². The molecule has 3 aliphatic heterocycles. The van der Waals surface area contributed by atoms with Crippen LogP contribution in [0.5, 0.6) is 0 Å². The highest BCUT2D eigenvalue weighted by atomic mass is 16.5. The number of hydrogen-bond donors (Lipinski definition) is 0. The molecule has 0 spiro atoms. The fourth-order valence-electron chi connectivity index (χ4n) is 4.10. The summed E-state index contributed by atoms with van der Waals surface area (Å²) >= 11 is 0. The van der Waals surface area contributed by atoms with E-state index in [1.807, 2.05) is 41.8 Å². The molecule has 1 aromatic rings. The van der Waals surface area contributed by atoms with Gasteiger partial charge in [0.2, 0.25) is 0 Å². The summed E-state index contributed by atoms with van der Waals surface area (Å²) in [5, 5.41) is 4.53. The summed E-state index contributed by atoms with van der Waals surface area (Å²) in [5.74, 6) is -0.579. The normalized spacial score (nSPS) is 14.7. The first kappa shape index (κ1) is 20.8. The van der Waals surface area contributed by atoms with Crippen molar-refractivity contribution in [3.05, 3.63) is 58.6 Å². The van der Waals surface area contributed by atoms with Crippen molar-refractivity contribution >= 4 is 11.9 Å². The molecule has 1 aromatic carbocycles. The van der Waals surface area contributed by atoms with Crippen LogP contribution in [0.1, 0.15) is 36.5 Å². The average molecular weight is 422 g/mol. The van der Waals surface area contributed by atoms with Crippen LogP contribution < -0.4 is 5.56 Å². The smallest absolute Gasteiger partial charge is 0.308 e. The van der Waals surface area contributed by atoms with Gasteiger partial charge >= 0.3 is 5.97 Å². The Morgan fingerprint density at radius 2 is 1.84 bits per heavy atom. The van der Waals surface area contributed by atoms with Crippen molar-refractivity contribution in [2.24, 2.45) is 5.92 Å². The summed E-state index contributed by atoms with van der Waals surface area (Å²) in [6.45, 7) is 3.66. The third kappa shape index (κ3) is 3.97. The first-order valence-electron chi connectivity index (χ1n) is 10.6. The number of likely N-dealkylation sites (tertiary alicyclic amines) is 1. The van der Waals surface area contributed by atoms with Gasteiger partial charge in [-0.3, -0.25) is 14.4 Å². The fourth-order valence-corrected chi connectivity index (χ4v) is 4.10. The van der Waals surface area contributed by atoms with Crippen molar-refractivity contribution in [2.75, 3.05) is 20.2 Å². The zero-order valence-corrected chi connectivity index (χ0v) is 17.8. The van der Waals surface area contributed by atoms with Crippen LogP contribution >= 0.6 is 0 Å². The predicted molar refractivity (Wildman–Crippen MR) is 115 cm³/mol. The highest BCUT2D eigenvalue weighted by Gasteiger charge is 2.31. The summed E-state index contributed by atoms with van der Waals surface area (Å²) in [4.78, 5) is 40.1. The lowest BCUT2D eigenvalue weighted by Crippen LogP contribution is -2.41. The second-order valence-corrected chi connectivity index (χ2v) is 7.81. The van der Waals surface area contributed by atoms with Gasteiger partial charge in [-0.05, 0) is 31.4 Å². The number of methoxy groups -OCH3 is 1. The lowest BCUT2D eigenvalue weighted by Gasteiger charge is -2.31. The molecule has 0 bridgehead atoms. The first-order chi connectivity index (χ1) is 15.0. The van der Waals surface area contributed by atoms with E-state index in [1.165, 1.54) is 11.8 Å². The Labute approximate surface area is 180 Å². The van der Waals surface area contributed by atoms with Crippen molar-refractivity contribution in [1.82, 2.24) is 19.2 Å². The minimum atomic E-state index is -0.245. The number of rotatable bonds is 5. The van der Waals surface area contributed by atoms with Crippen LogP contribution in [0.2, 0.25) is 0 Å². The molecule has 3 aliphatic rings. The van der Waals surface area contributed by atoms with Gasteiger partial charge in [-0.15, -0.1) is 0 Å². The highest BCUT2D eigenvalue weighted by molar-refractivity contribution is 6.00. The quantitative estimate of drug-likeness (QED) is 0.590. The summed E-state index contributed by atoms with van der Waals surface area (Å²) in [7, 11) is 1.39. The number of pyridine rings is 1. The third-order valence-electron chi connectivity index (χ3n) is 5.75. The molecule has 1 saturated heterocycles. The molecule has 0 radical (unpaired) electrons. The number of aromatic nitrogens is 3. The van der Waals surface area contributed by atoms with Gasteiger partial charge in [0.1, 0.15) is 5.69 Å². The van der Waals surface area contributed by atoms with E-state index in [1.54, 1.807) is 17.3 Å². The maximum Gasteiger partial charge on any atom is 0.308 e. The number of para-hydroxylation sites is 1. The number of nitrogens with zero attached hydrogens (tertiary/aromatic N) is 4. The zero-order chi connectivity index (χ0) is 22.0. The first-order valence-corrected chi connectivity index (χ1v) is 10.6. The average Bonchev–Trinajstić information content (AvgIpc) is 3.15. The number of ether oxygens (including phenoxy) is 1. The van der Waals surface area contributed by atoms with E-state index < -0.39 is 0 Å². The van der Waals surface area contributed by atoms with Gasteiger partial charge in [0.25, 0.3) is 11.5 Å². The van der Waals surface area contributed by atoms with Gasteiger partial charge in [0, 0.05) is 32.0 Å². The molecule has 0 aromatic heterocycles. The highest BCUT2D eigenvalue weighted by Crippen LogP contribution is 2.26. The summed E-state index contributed by atoms with van der Waals surface area (Å²) in [6.07, 6.45) is 5.55. The molecule has 8 heteroatoms. The maximum atomic E-state index is 13.4. The molecule has 1 fully saturated rings. The molecule has 31 heavy (non-hydrogen) atoms. The number of piperidine rings is 1. The van der Waals surface area contributed by atoms with Gasteiger partial charge in [-0.2, -0.15) is 9.78 Å². The van der Waals surface area contributed by atoms with Gasteiger partial charge in [0.15, 0.2) is 0 Å². The molecule has 162 valence electrons. The fraction of sp³-hybridized carbons (Fsp3) is 0.391. The monoisotopic (exact) mass is 422 g/mol. The largest absolute Gasteiger partial charge is 0.469 e. The molecule has 4 rings (SSSR count). The Morgan fingerprint density at radius 3 is 2.48 bits per heavy atom. The van der Waals surface area contributed by atoms with Crippen LogP contribution in [0.25, 0.3) is 16.9 Å². The lowest BCUT2D eigenvalue weighted by molar-refractivity contribution is -0.146. The zero-order valence-electron chi connectivity index (χ0n) is 17.8. The van der Waals surface area contributed by atoms with Crippen LogP contribution in [0.3, 0.4) is 0 Å². The Hall–Kier alpha value is -3.42. The van der Waals surface area contributed by atoms with E-state index in [2.05, 4.69) is 5.10 Å². The van der Waals surface area contributed by atoms with Crippen LogP contribution in [-0.2, 0) is 16.1 Å². The maximum absolute atomic E-state index is 13.4. The van der Waals surface area contributed by atoms with Gasteiger partial charge in [-0.25, -0.2) is 0 Å². The molecule has 1 amide bonds. The minimum Gasteiger partial charge on any atom is -0.469 e. The second kappa shape index (κ2) is 8.75. The summed E-state index contributed by atoms with van der Waals surface area (Å²) in [6, 6.07) is 9.18. The number of esters is 1. The summed E-state index contributed by atoms with van der Waals surface area (Å²) in [5.41, 5.74) is 1.65. The minimum absolute atomic E-state index is 0.170. The van der Waals surface area contributed by atoms with Gasteiger partial charge in [0.05, 0.1) is 29.8 Å². The van der Waals surface area contributed by atoms with Crippen molar-refractivity contribution in [3.63, 3.8) is 0 Å². The van der Waals surface area contributed by atoms with Crippen LogP contribution in [0, 0.1) is 5.92 Å². The number of aryl methyl sites for hydroxylation is 1. The number of hydrogen-bond acceptors (Lipinski definition) is 5. The Morgan fingerprint density at radius 1 is 1.13 bits per heavy atom. The SMILES string of the molecule is CCCn1cc(C(=O)N2CCC(C(=O)OC)CC2)c2nn(-c3ccccc3)c(=O)c-2c1. The predicted octanol–water partition coefficient (Wildman–Crippen LogP) is 2.57. The Bertz CT molecular complexity index is 1110. The Kier molecular flexibility index (Phi) is 5.88. The second-order valence-electron chi connectivity index (χ2n) is 7.81. The van der Waals surface area contributed by atoms with Gasteiger partial charge < -0.3 is 14.2 Å². The van der Waals surface area contributed by atoms with E-state index in [0.717, 1.165) is 6.42 Å². The van der Waals surface area contributed by atoms with Crippen molar-refractivity contribution < 1.29 is 14.3 Å². The lowest BCUT2D eigenvalue weighted by atomic mass is 9.96. The topological polar surface area (TPSA) is 86.4 Å². The number of carbonyl (C=O) groups is 2. The molecule has 0 aliphatic carbocycles. The number of benzene rings is 1. The molecule has 0 saturated carbocycles. The number of carbonyl (C=O) groups excluding carboxylic acids is 2. The molecular weight excluding hydrogens is 396 g/mol. The van der Waals surface area contributed by atoms with Crippen LogP contribution in [-0.4, -0.2) is 51.3 Å². The van der Waals surface area contributed by atoms with Crippen molar-refractivity contribution in [2.45, 2.75) is 32.7 Å². The molecule has 3 heterocycles. The van der Waals surface area contributed by atoms with E-state index in [4.69, 9.17) is 4.74 Å². The Balaban J connectivity index is 1.72.